The van der Waals surface area contributed by atoms with Gasteiger partial charge in [0, 0.05) is 5.56 Å². The Balaban J connectivity index is 1.91. The van der Waals surface area contributed by atoms with Crippen LogP contribution in [0.5, 0.6) is 0 Å². The zero-order valence-electron chi connectivity index (χ0n) is 13.2. The first-order valence-corrected chi connectivity index (χ1v) is 7.36. The fourth-order valence-corrected chi connectivity index (χ4v) is 2.08. The van der Waals surface area contributed by atoms with Crippen molar-refractivity contribution in [2.75, 3.05) is 0 Å². The number of nitrogens with one attached hydrogen (secondary N) is 3. The van der Waals surface area contributed by atoms with Crippen LogP contribution in [0.3, 0.4) is 0 Å². The molecule has 2 aromatic carbocycles. The van der Waals surface area contributed by atoms with Gasteiger partial charge < -0.3 is 5.32 Å². The van der Waals surface area contributed by atoms with Crippen LogP contribution >= 0.6 is 0 Å². The van der Waals surface area contributed by atoms with Crippen LogP contribution < -0.4 is 16.2 Å². The van der Waals surface area contributed by atoms with Crippen molar-refractivity contribution in [3.05, 3.63) is 71.3 Å². The number of hydrogen-bond donors (Lipinski definition) is 3. The minimum Gasteiger partial charge on any atom is -0.330 e. The Morgan fingerprint density at radius 3 is 2.28 bits per heavy atom. The Morgan fingerprint density at radius 1 is 0.960 bits per heavy atom. The zero-order chi connectivity index (χ0) is 18.4. The van der Waals surface area contributed by atoms with Crippen molar-refractivity contribution in [2.24, 2.45) is 0 Å². The van der Waals surface area contributed by atoms with Crippen LogP contribution in [-0.2, 0) is 6.18 Å². The molecule has 5 nitrogen and oxygen atoms in total. The van der Waals surface area contributed by atoms with E-state index in [-0.39, 0.29) is 0 Å². The molecule has 0 spiro atoms. The van der Waals surface area contributed by atoms with Gasteiger partial charge in [0.2, 0.25) is 0 Å². The van der Waals surface area contributed by atoms with Gasteiger partial charge in [0.15, 0.2) is 0 Å². The first-order chi connectivity index (χ1) is 11.8. The third-order valence-corrected chi connectivity index (χ3v) is 3.39. The molecule has 0 heterocycles. The Morgan fingerprint density at radius 2 is 1.64 bits per heavy atom. The molecule has 132 valence electrons. The molecule has 0 aliphatic heterocycles. The molecular weight excluding hydrogens is 335 g/mol. The molecule has 0 saturated heterocycles. The van der Waals surface area contributed by atoms with E-state index in [1.165, 1.54) is 19.1 Å². The van der Waals surface area contributed by atoms with Crippen LogP contribution in [0.2, 0.25) is 0 Å². The summed E-state index contributed by atoms with van der Waals surface area (Å²) in [6.45, 7) is 1.54. The lowest BCUT2D eigenvalue weighted by molar-refractivity contribution is -0.137. The average molecular weight is 351 g/mol. The molecule has 0 saturated carbocycles. The van der Waals surface area contributed by atoms with Crippen LogP contribution in [0.15, 0.2) is 54.6 Å². The number of urea groups is 1. The topological polar surface area (TPSA) is 70.2 Å². The van der Waals surface area contributed by atoms with Gasteiger partial charge in [-0.05, 0) is 36.8 Å². The number of carbonyl (C=O) groups is 2. The van der Waals surface area contributed by atoms with Crippen LogP contribution in [0.25, 0.3) is 0 Å². The van der Waals surface area contributed by atoms with Gasteiger partial charge >= 0.3 is 12.2 Å². The molecule has 1 atom stereocenters. The summed E-state index contributed by atoms with van der Waals surface area (Å²) in [6.07, 6.45) is -4.46. The van der Waals surface area contributed by atoms with E-state index in [4.69, 9.17) is 0 Å². The highest BCUT2D eigenvalue weighted by Crippen LogP contribution is 2.30. The summed E-state index contributed by atoms with van der Waals surface area (Å²) < 4.78 is 38.2. The van der Waals surface area contributed by atoms with E-state index in [2.05, 4.69) is 16.2 Å². The Hall–Kier alpha value is -3.03. The molecule has 0 aromatic heterocycles. The number of alkyl halides is 3. The summed E-state index contributed by atoms with van der Waals surface area (Å²) in [6, 6.07) is 11.5. The number of rotatable bonds is 3. The number of carbonyl (C=O) groups excluding carboxylic acids is 2. The molecule has 25 heavy (non-hydrogen) atoms. The number of hydrazine groups is 1. The fraction of sp³-hybridized carbons (Fsp3) is 0.176. The van der Waals surface area contributed by atoms with E-state index in [1.54, 1.807) is 30.3 Å². The van der Waals surface area contributed by atoms with Gasteiger partial charge in [0.25, 0.3) is 5.91 Å². The van der Waals surface area contributed by atoms with Gasteiger partial charge in [-0.15, -0.1) is 0 Å². The smallest absolute Gasteiger partial charge is 0.330 e. The minimum absolute atomic E-state index is 0.291. The van der Waals surface area contributed by atoms with Crippen LogP contribution in [0, 0.1) is 0 Å². The van der Waals surface area contributed by atoms with E-state index in [0.717, 1.165) is 12.1 Å². The van der Waals surface area contributed by atoms with Crippen molar-refractivity contribution >= 4 is 11.9 Å². The number of amides is 3. The van der Waals surface area contributed by atoms with Crippen LogP contribution in [0.1, 0.15) is 34.5 Å². The molecule has 2 aromatic rings. The molecule has 2 rings (SSSR count). The summed E-state index contributed by atoms with van der Waals surface area (Å²) >= 11 is 0. The second-order valence-corrected chi connectivity index (χ2v) is 5.26. The predicted molar refractivity (Wildman–Crippen MR) is 85.4 cm³/mol. The first kappa shape index (κ1) is 18.3. The standard InChI is InChI=1S/C17H16F3N3O2/c1-11(13-8-5-9-14(10-13)17(18,19)20)21-16(25)23-22-15(24)12-6-3-2-4-7-12/h2-11H,1H3,(H,22,24)(H2,21,23,25). The fourth-order valence-electron chi connectivity index (χ4n) is 2.08. The Bertz CT molecular complexity index is 748. The molecule has 3 amide bonds. The number of benzene rings is 2. The maximum atomic E-state index is 12.7. The van der Waals surface area contributed by atoms with Gasteiger partial charge in [-0.1, -0.05) is 30.3 Å². The minimum atomic E-state index is -4.46. The van der Waals surface area contributed by atoms with E-state index in [0.29, 0.717) is 11.1 Å². The molecule has 8 heteroatoms. The third-order valence-electron chi connectivity index (χ3n) is 3.39. The molecule has 0 fully saturated rings. The molecular formula is C17H16F3N3O2. The van der Waals surface area contributed by atoms with Crippen molar-refractivity contribution in [1.29, 1.82) is 0 Å². The van der Waals surface area contributed by atoms with Crippen molar-refractivity contribution in [2.45, 2.75) is 19.1 Å². The van der Waals surface area contributed by atoms with Gasteiger partial charge in [0.05, 0.1) is 11.6 Å². The maximum absolute atomic E-state index is 12.7. The van der Waals surface area contributed by atoms with Crippen molar-refractivity contribution in [3.8, 4) is 0 Å². The van der Waals surface area contributed by atoms with Crippen LogP contribution in [0.4, 0.5) is 18.0 Å². The van der Waals surface area contributed by atoms with Gasteiger partial charge in [0.1, 0.15) is 0 Å². The quantitative estimate of drug-likeness (QED) is 0.742. The molecule has 3 N–H and O–H groups in total. The molecule has 0 aliphatic carbocycles. The highest BCUT2D eigenvalue weighted by molar-refractivity contribution is 5.95. The Kier molecular flexibility index (Phi) is 5.63. The maximum Gasteiger partial charge on any atom is 0.416 e. The second kappa shape index (κ2) is 7.69. The zero-order valence-corrected chi connectivity index (χ0v) is 13.2. The summed E-state index contributed by atoms with van der Waals surface area (Å²) in [5.41, 5.74) is 4.22. The first-order valence-electron chi connectivity index (χ1n) is 7.36. The van der Waals surface area contributed by atoms with E-state index in [9.17, 15) is 22.8 Å². The predicted octanol–water partition coefficient (Wildman–Crippen LogP) is 3.41. The molecule has 1 unspecified atom stereocenters. The SMILES string of the molecule is CC(NC(=O)NNC(=O)c1ccccc1)c1cccc(C(F)(F)F)c1. The highest BCUT2D eigenvalue weighted by Gasteiger charge is 2.30. The normalized spacial score (nSPS) is 12.2. The summed E-state index contributed by atoms with van der Waals surface area (Å²) in [4.78, 5) is 23.6. The lowest BCUT2D eigenvalue weighted by Crippen LogP contribution is -2.47. The van der Waals surface area contributed by atoms with Crippen LogP contribution in [-0.4, -0.2) is 11.9 Å². The van der Waals surface area contributed by atoms with E-state index < -0.39 is 29.7 Å². The summed E-state index contributed by atoms with van der Waals surface area (Å²) in [5.74, 6) is -0.512. The monoisotopic (exact) mass is 351 g/mol. The molecule has 0 radical (unpaired) electrons. The molecule has 0 bridgehead atoms. The lowest BCUT2D eigenvalue weighted by atomic mass is 10.1. The van der Waals surface area contributed by atoms with E-state index in [1.807, 2.05) is 0 Å². The van der Waals surface area contributed by atoms with Crippen molar-refractivity contribution in [3.63, 3.8) is 0 Å². The highest BCUT2D eigenvalue weighted by atomic mass is 19.4. The van der Waals surface area contributed by atoms with Crippen molar-refractivity contribution < 1.29 is 22.8 Å². The average Bonchev–Trinajstić information content (AvgIpc) is 2.59. The Labute approximate surface area is 142 Å². The third kappa shape index (κ3) is 5.23. The number of hydrogen-bond acceptors (Lipinski definition) is 2. The summed E-state index contributed by atoms with van der Waals surface area (Å²) in [5, 5.41) is 2.45. The number of halogens is 3. The second-order valence-electron chi connectivity index (χ2n) is 5.26. The molecule has 0 aliphatic rings. The van der Waals surface area contributed by atoms with Gasteiger partial charge in [-0.2, -0.15) is 13.2 Å². The van der Waals surface area contributed by atoms with Crippen molar-refractivity contribution in [1.82, 2.24) is 16.2 Å². The lowest BCUT2D eigenvalue weighted by Gasteiger charge is -2.17. The largest absolute Gasteiger partial charge is 0.416 e. The van der Waals surface area contributed by atoms with E-state index >= 15 is 0 Å². The van der Waals surface area contributed by atoms with Gasteiger partial charge in [-0.25, -0.2) is 10.2 Å². The summed E-state index contributed by atoms with van der Waals surface area (Å²) in [7, 11) is 0. The van der Waals surface area contributed by atoms with Gasteiger partial charge in [-0.3, -0.25) is 10.2 Å².